The van der Waals surface area contributed by atoms with Crippen molar-refractivity contribution in [1.82, 2.24) is 9.55 Å². The fraction of sp³-hybridized carbons (Fsp3) is 0.333. The molecule has 0 saturated heterocycles. The number of carbonyl (C=O) groups excluding carboxylic acids is 2. The van der Waals surface area contributed by atoms with E-state index in [9.17, 15) is 24.5 Å². The van der Waals surface area contributed by atoms with Crippen molar-refractivity contribution >= 4 is 29.0 Å². The van der Waals surface area contributed by atoms with Gasteiger partial charge in [0.15, 0.2) is 11.5 Å². The monoisotopic (exact) mass is 421 g/mol. The lowest BCUT2D eigenvalue weighted by atomic mass is 9.97. The number of hydrogen-bond donors (Lipinski definition) is 0. The molecule has 0 amide bonds. The van der Waals surface area contributed by atoms with Crippen molar-refractivity contribution in [3.8, 4) is 16.5 Å². The lowest BCUT2D eigenvalue weighted by Gasteiger charge is -2.18. The van der Waals surface area contributed by atoms with E-state index in [0.717, 1.165) is 23.0 Å². The molecule has 154 valence electrons. The molecule has 29 heavy (non-hydrogen) atoms. The van der Waals surface area contributed by atoms with Gasteiger partial charge in [0.05, 0.1) is 17.4 Å². The fourth-order valence-electron chi connectivity index (χ4n) is 2.20. The molecule has 0 saturated carbocycles. The first-order chi connectivity index (χ1) is 13.5. The van der Waals surface area contributed by atoms with Crippen LogP contribution in [0.15, 0.2) is 28.9 Å². The second-order valence-corrected chi connectivity index (χ2v) is 7.76. The largest absolute Gasteiger partial charge is 0.464 e. The van der Waals surface area contributed by atoms with Gasteiger partial charge in [-0.2, -0.15) is 0 Å². The molecule has 11 heteroatoms. The minimum absolute atomic E-state index is 0.0628. The van der Waals surface area contributed by atoms with Crippen molar-refractivity contribution in [1.29, 1.82) is 0 Å². The van der Waals surface area contributed by atoms with Crippen LogP contribution in [0.2, 0.25) is 0 Å². The molecule has 2 heterocycles. The Balaban J connectivity index is 2.85. The molecular formula is C18H19N3O7S. The van der Waals surface area contributed by atoms with Crippen LogP contribution in [0.1, 0.15) is 31.3 Å². The maximum Gasteiger partial charge on any atom is 0.360 e. The summed E-state index contributed by atoms with van der Waals surface area (Å²) >= 11 is 0.974. The summed E-state index contributed by atoms with van der Waals surface area (Å²) in [7, 11) is 1.07. The normalized spacial score (nSPS) is 11.0. The Kier molecular flexibility index (Phi) is 6.32. The van der Waals surface area contributed by atoms with Gasteiger partial charge in [0, 0.05) is 12.6 Å². The maximum absolute atomic E-state index is 13.1. The molecule has 0 aliphatic carbocycles. The van der Waals surface area contributed by atoms with Crippen molar-refractivity contribution in [2.24, 2.45) is 5.41 Å². The predicted molar refractivity (Wildman–Crippen MR) is 105 cm³/mol. The Bertz CT molecular complexity index is 1050. The van der Waals surface area contributed by atoms with Crippen LogP contribution in [0.3, 0.4) is 0 Å². The van der Waals surface area contributed by atoms with Gasteiger partial charge in [-0.1, -0.05) is 6.08 Å². The number of carbonyl (C=O) groups is 2. The van der Waals surface area contributed by atoms with Crippen LogP contribution in [0.4, 0.5) is 5.69 Å². The number of methoxy groups -OCH3 is 1. The summed E-state index contributed by atoms with van der Waals surface area (Å²) in [5, 5.41) is 12.8. The van der Waals surface area contributed by atoms with Gasteiger partial charge in [-0.15, -0.1) is 17.9 Å². The molecule has 0 radical (unpaired) electrons. The Morgan fingerprint density at radius 3 is 2.59 bits per heavy atom. The molecular weight excluding hydrogens is 402 g/mol. The quantitative estimate of drug-likeness (QED) is 0.301. The fourth-order valence-corrected chi connectivity index (χ4v) is 3.05. The molecule has 10 nitrogen and oxygen atoms in total. The first kappa shape index (κ1) is 22.0. The van der Waals surface area contributed by atoms with Crippen molar-refractivity contribution in [3.05, 3.63) is 50.3 Å². The molecule has 0 bridgehead atoms. The lowest BCUT2D eigenvalue weighted by Crippen LogP contribution is -2.33. The van der Waals surface area contributed by atoms with E-state index in [1.54, 1.807) is 20.8 Å². The summed E-state index contributed by atoms with van der Waals surface area (Å²) in [5.74, 6) is -2.53. The molecule has 0 N–H and O–H groups in total. The zero-order valence-electron chi connectivity index (χ0n) is 16.3. The van der Waals surface area contributed by atoms with Gasteiger partial charge in [0.2, 0.25) is 5.75 Å². The molecule has 0 spiro atoms. The van der Waals surface area contributed by atoms with E-state index < -0.39 is 39.3 Å². The van der Waals surface area contributed by atoms with E-state index in [4.69, 9.17) is 4.74 Å². The third-order valence-corrected chi connectivity index (χ3v) is 4.57. The van der Waals surface area contributed by atoms with Gasteiger partial charge in [0.1, 0.15) is 4.88 Å². The summed E-state index contributed by atoms with van der Waals surface area (Å²) in [6.45, 7) is 8.20. The minimum Gasteiger partial charge on any atom is -0.464 e. The molecule has 0 aromatic carbocycles. The minimum atomic E-state index is -1.02. The number of ether oxygens (including phenoxy) is 2. The van der Waals surface area contributed by atoms with Gasteiger partial charge in [0.25, 0.3) is 11.2 Å². The maximum atomic E-state index is 13.1. The third kappa shape index (κ3) is 4.40. The van der Waals surface area contributed by atoms with Crippen molar-refractivity contribution in [3.63, 3.8) is 0 Å². The van der Waals surface area contributed by atoms with Crippen molar-refractivity contribution in [2.45, 2.75) is 27.3 Å². The first-order valence-electron chi connectivity index (χ1n) is 8.31. The van der Waals surface area contributed by atoms with Gasteiger partial charge in [-0.05, 0) is 26.2 Å². The van der Waals surface area contributed by atoms with Crippen molar-refractivity contribution in [2.75, 3.05) is 7.11 Å². The second-order valence-electron chi connectivity index (χ2n) is 6.84. The Morgan fingerprint density at radius 2 is 2.07 bits per heavy atom. The van der Waals surface area contributed by atoms with Crippen LogP contribution >= 0.6 is 11.3 Å². The van der Waals surface area contributed by atoms with Gasteiger partial charge < -0.3 is 9.47 Å². The zero-order chi connectivity index (χ0) is 21.9. The molecule has 0 aliphatic rings. The third-order valence-electron chi connectivity index (χ3n) is 3.67. The molecule has 2 aromatic heterocycles. The van der Waals surface area contributed by atoms with Crippen LogP contribution in [-0.4, -0.2) is 33.5 Å². The van der Waals surface area contributed by atoms with Crippen molar-refractivity contribution < 1.29 is 24.0 Å². The average molecular weight is 421 g/mol. The summed E-state index contributed by atoms with van der Waals surface area (Å²) in [5.41, 5.74) is -2.66. The first-order valence-corrected chi connectivity index (χ1v) is 9.19. The van der Waals surface area contributed by atoms with Gasteiger partial charge in [-0.25, -0.2) is 9.78 Å². The molecule has 0 aliphatic heterocycles. The average Bonchev–Trinajstić information content (AvgIpc) is 3.13. The number of nitrogens with zero attached hydrogens (tertiary/aromatic N) is 3. The Hall–Kier alpha value is -3.34. The molecule has 2 aromatic rings. The van der Waals surface area contributed by atoms with E-state index in [1.165, 1.54) is 17.5 Å². The van der Waals surface area contributed by atoms with Gasteiger partial charge in [-0.3, -0.25) is 24.3 Å². The topological polar surface area (TPSA) is 131 Å². The molecule has 0 unspecified atom stereocenters. The molecule has 0 atom stereocenters. The van der Waals surface area contributed by atoms with Crippen LogP contribution in [0.25, 0.3) is 10.7 Å². The number of hydrogen-bond acceptors (Lipinski definition) is 9. The number of allylic oxidation sites excluding steroid dienone is 1. The van der Waals surface area contributed by atoms with E-state index in [-0.39, 0.29) is 22.9 Å². The zero-order valence-corrected chi connectivity index (χ0v) is 17.1. The summed E-state index contributed by atoms with van der Waals surface area (Å²) < 4.78 is 10.9. The predicted octanol–water partition coefficient (Wildman–Crippen LogP) is 2.80. The molecule has 2 rings (SSSR count). The van der Waals surface area contributed by atoms with Crippen LogP contribution in [0.5, 0.6) is 5.75 Å². The smallest absolute Gasteiger partial charge is 0.360 e. The number of aromatic nitrogens is 2. The van der Waals surface area contributed by atoms with E-state index in [2.05, 4.69) is 16.3 Å². The standard InChI is InChI=1S/C18H19N3O7S/c1-6-8-20-14(13-10(21(25)26)7-9-29-13)19-11(16(23)27-5)12(15(20)22)28-17(24)18(2,3)4/h6-7,9H,1,8H2,2-5H3. The highest BCUT2D eigenvalue weighted by Gasteiger charge is 2.32. The number of nitro groups is 1. The van der Waals surface area contributed by atoms with Crippen LogP contribution in [-0.2, 0) is 16.1 Å². The second kappa shape index (κ2) is 8.35. The lowest BCUT2D eigenvalue weighted by molar-refractivity contribution is -0.383. The number of esters is 2. The highest BCUT2D eigenvalue weighted by atomic mass is 32.1. The summed E-state index contributed by atoms with van der Waals surface area (Å²) in [6, 6.07) is 1.26. The molecule has 0 fully saturated rings. The Labute approximate surface area is 169 Å². The highest BCUT2D eigenvalue weighted by Crippen LogP contribution is 2.34. The van der Waals surface area contributed by atoms with E-state index in [1.807, 2.05) is 0 Å². The number of rotatable bonds is 6. The van der Waals surface area contributed by atoms with E-state index in [0.29, 0.717) is 0 Å². The van der Waals surface area contributed by atoms with E-state index >= 15 is 0 Å². The summed E-state index contributed by atoms with van der Waals surface area (Å²) in [4.78, 5) is 52.5. The van der Waals surface area contributed by atoms with Crippen LogP contribution in [0, 0.1) is 15.5 Å². The van der Waals surface area contributed by atoms with Gasteiger partial charge >= 0.3 is 11.9 Å². The van der Waals surface area contributed by atoms with Crippen LogP contribution < -0.4 is 10.3 Å². The SMILES string of the molecule is C=CCn1c(-c2sccc2[N+](=O)[O-])nc(C(=O)OC)c(OC(=O)C(C)(C)C)c1=O. The highest BCUT2D eigenvalue weighted by molar-refractivity contribution is 7.14. The summed E-state index contributed by atoms with van der Waals surface area (Å²) in [6.07, 6.45) is 1.37. The Morgan fingerprint density at radius 1 is 1.41 bits per heavy atom. The number of thiophene rings is 1.